The highest BCUT2D eigenvalue weighted by Gasteiger charge is 2.34. The van der Waals surface area contributed by atoms with Crippen LogP contribution in [0.1, 0.15) is 22.1 Å². The first kappa shape index (κ1) is 10.6. The van der Waals surface area contributed by atoms with Gasteiger partial charge in [-0.15, -0.1) is 0 Å². The molecule has 5 nitrogen and oxygen atoms in total. The number of nitrogens with zero attached hydrogens (tertiary/aromatic N) is 1. The Labute approximate surface area is 92.2 Å². The summed E-state index contributed by atoms with van der Waals surface area (Å²) in [5.41, 5.74) is 1.29. The van der Waals surface area contributed by atoms with E-state index in [1.165, 1.54) is 4.90 Å². The number of aliphatic carboxylic acids is 1. The van der Waals surface area contributed by atoms with Crippen molar-refractivity contribution >= 4 is 11.9 Å². The van der Waals surface area contributed by atoms with Crippen LogP contribution in [0.5, 0.6) is 0 Å². The number of amides is 1. The van der Waals surface area contributed by atoms with E-state index in [1.807, 2.05) is 0 Å². The number of benzene rings is 1. The third-order valence-electron chi connectivity index (χ3n) is 2.49. The van der Waals surface area contributed by atoms with Crippen LogP contribution in [0, 0.1) is 0 Å². The maximum atomic E-state index is 11.8. The van der Waals surface area contributed by atoms with Crippen molar-refractivity contribution < 1.29 is 19.4 Å². The summed E-state index contributed by atoms with van der Waals surface area (Å²) in [4.78, 5) is 23.6. The van der Waals surface area contributed by atoms with Crippen molar-refractivity contribution in [2.75, 3.05) is 13.7 Å². The molecular weight excluding hydrogens is 210 g/mol. The van der Waals surface area contributed by atoms with Crippen LogP contribution in [-0.4, -0.2) is 35.5 Å². The SMILES string of the molecule is CN1C(=O)c2ccccc2C1OCC(=O)O. The number of carboxylic acids is 1. The zero-order chi connectivity index (χ0) is 11.7. The normalized spacial score (nSPS) is 18.7. The van der Waals surface area contributed by atoms with Crippen molar-refractivity contribution in [3.05, 3.63) is 35.4 Å². The summed E-state index contributed by atoms with van der Waals surface area (Å²) in [6.07, 6.45) is -0.597. The van der Waals surface area contributed by atoms with Gasteiger partial charge in [0.15, 0.2) is 6.23 Å². The molecule has 0 fully saturated rings. The van der Waals surface area contributed by atoms with Gasteiger partial charge >= 0.3 is 5.97 Å². The molecule has 0 saturated carbocycles. The van der Waals surface area contributed by atoms with Crippen molar-refractivity contribution in [2.24, 2.45) is 0 Å². The van der Waals surface area contributed by atoms with E-state index < -0.39 is 18.8 Å². The second-order valence-corrected chi connectivity index (χ2v) is 3.56. The molecule has 1 amide bonds. The van der Waals surface area contributed by atoms with Gasteiger partial charge in [-0.2, -0.15) is 0 Å². The Bertz CT molecular complexity index is 443. The van der Waals surface area contributed by atoms with Crippen molar-refractivity contribution in [3.8, 4) is 0 Å². The number of carboxylic acid groups (broad SMARTS) is 1. The van der Waals surface area contributed by atoms with Crippen molar-refractivity contribution in [2.45, 2.75) is 6.23 Å². The summed E-state index contributed by atoms with van der Waals surface area (Å²) < 4.78 is 5.18. The molecule has 1 aromatic rings. The summed E-state index contributed by atoms with van der Waals surface area (Å²) in [5, 5.41) is 8.55. The minimum atomic E-state index is -1.05. The smallest absolute Gasteiger partial charge is 0.329 e. The van der Waals surface area contributed by atoms with Gasteiger partial charge in [0.1, 0.15) is 6.61 Å². The van der Waals surface area contributed by atoms with Gasteiger partial charge in [-0.3, -0.25) is 4.79 Å². The Morgan fingerprint density at radius 3 is 2.88 bits per heavy atom. The van der Waals surface area contributed by atoms with Gasteiger partial charge in [0.05, 0.1) is 0 Å². The minimum Gasteiger partial charge on any atom is -0.480 e. The first-order valence-corrected chi connectivity index (χ1v) is 4.80. The fraction of sp³-hybridized carbons (Fsp3) is 0.273. The second kappa shape index (κ2) is 3.94. The van der Waals surface area contributed by atoms with Crippen LogP contribution in [-0.2, 0) is 9.53 Å². The Balaban J connectivity index is 2.26. The number of hydrogen-bond donors (Lipinski definition) is 1. The summed E-state index contributed by atoms with van der Waals surface area (Å²) >= 11 is 0. The van der Waals surface area contributed by atoms with E-state index in [4.69, 9.17) is 9.84 Å². The largest absolute Gasteiger partial charge is 0.480 e. The van der Waals surface area contributed by atoms with E-state index in [1.54, 1.807) is 31.3 Å². The molecule has 0 saturated heterocycles. The third kappa shape index (κ3) is 1.65. The van der Waals surface area contributed by atoms with Crippen LogP contribution in [0.2, 0.25) is 0 Å². The van der Waals surface area contributed by atoms with Crippen LogP contribution in [0.15, 0.2) is 24.3 Å². The molecule has 0 bridgehead atoms. The zero-order valence-corrected chi connectivity index (χ0v) is 8.71. The average Bonchev–Trinajstić information content (AvgIpc) is 2.50. The average molecular weight is 221 g/mol. The van der Waals surface area contributed by atoms with E-state index in [0.717, 1.165) is 5.56 Å². The molecule has 84 valence electrons. The van der Waals surface area contributed by atoms with Gasteiger partial charge in [-0.25, -0.2) is 4.79 Å². The van der Waals surface area contributed by atoms with Gasteiger partial charge < -0.3 is 14.7 Å². The highest BCUT2D eigenvalue weighted by Crippen LogP contribution is 2.32. The fourth-order valence-electron chi connectivity index (χ4n) is 1.76. The summed E-state index contributed by atoms with van der Waals surface area (Å²) in [5.74, 6) is -1.20. The molecule has 1 aliphatic rings. The topological polar surface area (TPSA) is 66.8 Å². The molecule has 16 heavy (non-hydrogen) atoms. The van der Waals surface area contributed by atoms with Crippen LogP contribution in [0.25, 0.3) is 0 Å². The quantitative estimate of drug-likeness (QED) is 0.822. The van der Waals surface area contributed by atoms with E-state index in [9.17, 15) is 9.59 Å². The van der Waals surface area contributed by atoms with E-state index in [-0.39, 0.29) is 5.91 Å². The third-order valence-corrected chi connectivity index (χ3v) is 2.49. The predicted molar refractivity (Wildman–Crippen MR) is 54.9 cm³/mol. The molecule has 2 rings (SSSR count). The van der Waals surface area contributed by atoms with Crippen LogP contribution in [0.4, 0.5) is 0 Å². The molecule has 0 radical (unpaired) electrons. The molecule has 1 N–H and O–H groups in total. The number of rotatable bonds is 3. The van der Waals surface area contributed by atoms with Gasteiger partial charge in [0.2, 0.25) is 0 Å². The lowest BCUT2D eigenvalue weighted by atomic mass is 10.1. The minimum absolute atomic E-state index is 0.147. The van der Waals surface area contributed by atoms with Gasteiger partial charge in [0.25, 0.3) is 5.91 Å². The Hall–Kier alpha value is -1.88. The zero-order valence-electron chi connectivity index (χ0n) is 8.71. The van der Waals surface area contributed by atoms with Gasteiger partial charge in [0, 0.05) is 18.2 Å². The number of carbonyl (C=O) groups is 2. The van der Waals surface area contributed by atoms with Crippen LogP contribution >= 0.6 is 0 Å². The van der Waals surface area contributed by atoms with Gasteiger partial charge in [-0.1, -0.05) is 18.2 Å². The number of fused-ring (bicyclic) bond motifs is 1. The lowest BCUT2D eigenvalue weighted by Gasteiger charge is -2.19. The highest BCUT2D eigenvalue weighted by atomic mass is 16.5. The van der Waals surface area contributed by atoms with E-state index in [2.05, 4.69) is 0 Å². The van der Waals surface area contributed by atoms with Crippen LogP contribution in [0.3, 0.4) is 0 Å². The number of carbonyl (C=O) groups excluding carboxylic acids is 1. The highest BCUT2D eigenvalue weighted by molar-refractivity contribution is 5.98. The van der Waals surface area contributed by atoms with Crippen LogP contribution < -0.4 is 0 Å². The number of hydrogen-bond acceptors (Lipinski definition) is 3. The molecule has 1 aliphatic heterocycles. The first-order chi connectivity index (χ1) is 7.61. The molecular formula is C11H11NO4. The summed E-state index contributed by atoms with van der Waals surface area (Å²) in [6, 6.07) is 7.04. The lowest BCUT2D eigenvalue weighted by molar-refractivity contribution is -0.147. The first-order valence-electron chi connectivity index (χ1n) is 4.80. The van der Waals surface area contributed by atoms with Crippen molar-refractivity contribution in [1.82, 2.24) is 4.90 Å². The number of ether oxygens (including phenoxy) is 1. The molecule has 1 heterocycles. The maximum Gasteiger partial charge on any atom is 0.329 e. The monoisotopic (exact) mass is 221 g/mol. The van der Waals surface area contributed by atoms with E-state index >= 15 is 0 Å². The molecule has 5 heteroatoms. The standard InChI is InChI=1S/C11H11NO4/c1-12-10(15)7-4-2-3-5-8(7)11(12)16-6-9(13)14/h2-5,11H,6H2,1H3,(H,13,14). The Morgan fingerprint density at radius 2 is 2.19 bits per heavy atom. The molecule has 1 unspecified atom stereocenters. The maximum absolute atomic E-state index is 11.8. The van der Waals surface area contributed by atoms with E-state index in [0.29, 0.717) is 5.56 Å². The molecule has 0 aromatic heterocycles. The molecule has 1 atom stereocenters. The van der Waals surface area contributed by atoms with Crippen molar-refractivity contribution in [1.29, 1.82) is 0 Å². The Morgan fingerprint density at radius 1 is 1.50 bits per heavy atom. The fourth-order valence-corrected chi connectivity index (χ4v) is 1.76. The van der Waals surface area contributed by atoms with Gasteiger partial charge in [-0.05, 0) is 6.07 Å². The molecule has 1 aromatic carbocycles. The Kier molecular flexibility index (Phi) is 2.62. The lowest BCUT2D eigenvalue weighted by Crippen LogP contribution is -2.26. The second-order valence-electron chi connectivity index (χ2n) is 3.56. The summed E-state index contributed by atoms with van der Waals surface area (Å²) in [6.45, 7) is -0.420. The van der Waals surface area contributed by atoms with Crippen molar-refractivity contribution in [3.63, 3.8) is 0 Å². The molecule has 0 aliphatic carbocycles. The molecule has 0 spiro atoms. The predicted octanol–water partition coefficient (Wildman–Crippen LogP) is 0.872. The summed E-state index contributed by atoms with van der Waals surface area (Å²) in [7, 11) is 1.59.